The van der Waals surface area contributed by atoms with Gasteiger partial charge in [0, 0.05) is 37.9 Å². The van der Waals surface area contributed by atoms with Crippen LogP contribution in [0.3, 0.4) is 0 Å². The number of halogens is 2. The Morgan fingerprint density at radius 3 is 2.59 bits per heavy atom. The van der Waals surface area contributed by atoms with Crippen LogP contribution in [0.4, 0.5) is 4.39 Å². The third-order valence-corrected chi connectivity index (χ3v) is 5.74. The maximum absolute atomic E-state index is 13.2. The van der Waals surface area contributed by atoms with Gasteiger partial charge in [-0.25, -0.2) is 9.37 Å². The van der Waals surface area contributed by atoms with Gasteiger partial charge in [-0.05, 0) is 37.6 Å². The number of carboxylic acid groups (broad SMARTS) is 1. The summed E-state index contributed by atoms with van der Waals surface area (Å²) < 4.78 is 18.7. The standard InChI is InChI=1S/C23H26ClFN4O5/c1-14-11-29(15(2)10-28(14)12-16-3-5-18(25)6-4-16)20(30)13-34-23-19(7-17(24)8-27-23)22(33)26-9-21(31)32/h3-8,14-15H,9-13H2,1-2H3,(H,26,33)(H,31,32)/t14-,15+/m0/s1. The minimum Gasteiger partial charge on any atom is -0.480 e. The second-order valence-electron chi connectivity index (χ2n) is 8.17. The average Bonchev–Trinajstić information content (AvgIpc) is 2.80. The Hall–Kier alpha value is -3.24. The van der Waals surface area contributed by atoms with Gasteiger partial charge in [-0.2, -0.15) is 0 Å². The highest BCUT2D eigenvalue weighted by atomic mass is 35.5. The smallest absolute Gasteiger partial charge is 0.322 e. The molecule has 2 amide bonds. The molecule has 1 aromatic heterocycles. The zero-order valence-electron chi connectivity index (χ0n) is 18.8. The number of aliphatic carboxylic acids is 1. The lowest BCUT2D eigenvalue weighted by atomic mass is 10.1. The molecule has 1 aromatic carbocycles. The van der Waals surface area contributed by atoms with Crippen molar-refractivity contribution in [1.29, 1.82) is 0 Å². The summed E-state index contributed by atoms with van der Waals surface area (Å²) in [6.07, 6.45) is 1.27. The van der Waals surface area contributed by atoms with Gasteiger partial charge >= 0.3 is 5.97 Å². The number of nitrogens with one attached hydrogen (secondary N) is 1. The summed E-state index contributed by atoms with van der Waals surface area (Å²) in [4.78, 5) is 43.8. The first-order valence-corrected chi connectivity index (χ1v) is 11.1. The number of nitrogens with zero attached hydrogens (tertiary/aromatic N) is 3. The van der Waals surface area contributed by atoms with Gasteiger partial charge < -0.3 is 20.1 Å². The van der Waals surface area contributed by atoms with E-state index in [4.69, 9.17) is 21.4 Å². The van der Waals surface area contributed by atoms with E-state index in [9.17, 15) is 18.8 Å². The number of carbonyl (C=O) groups excluding carboxylic acids is 2. The number of piperazine rings is 1. The molecule has 11 heteroatoms. The molecular formula is C23H26ClFN4O5. The van der Waals surface area contributed by atoms with Gasteiger partial charge in [-0.15, -0.1) is 0 Å². The fourth-order valence-electron chi connectivity index (χ4n) is 3.76. The topological polar surface area (TPSA) is 112 Å². The van der Waals surface area contributed by atoms with Crippen LogP contribution in [0.25, 0.3) is 0 Å². The van der Waals surface area contributed by atoms with Crippen LogP contribution in [0.2, 0.25) is 5.02 Å². The molecule has 0 saturated carbocycles. The predicted octanol–water partition coefficient (Wildman–Crippen LogP) is 2.19. The molecule has 0 spiro atoms. The highest BCUT2D eigenvalue weighted by molar-refractivity contribution is 6.30. The lowest BCUT2D eigenvalue weighted by Gasteiger charge is -2.44. The Kier molecular flexibility index (Phi) is 8.41. The monoisotopic (exact) mass is 492 g/mol. The van der Waals surface area contributed by atoms with Crippen LogP contribution in [-0.4, -0.2) is 76.0 Å². The van der Waals surface area contributed by atoms with Crippen molar-refractivity contribution in [2.75, 3.05) is 26.2 Å². The molecule has 0 radical (unpaired) electrons. The highest BCUT2D eigenvalue weighted by Gasteiger charge is 2.32. The summed E-state index contributed by atoms with van der Waals surface area (Å²) in [5.41, 5.74) is 0.929. The molecule has 1 fully saturated rings. The summed E-state index contributed by atoms with van der Waals surface area (Å²) in [5.74, 6) is -2.59. The van der Waals surface area contributed by atoms with E-state index in [0.29, 0.717) is 19.6 Å². The molecule has 1 aliphatic heterocycles. The number of pyridine rings is 1. The van der Waals surface area contributed by atoms with Crippen LogP contribution in [0.15, 0.2) is 36.5 Å². The molecule has 2 aromatic rings. The van der Waals surface area contributed by atoms with Gasteiger partial charge in [0.25, 0.3) is 11.8 Å². The number of carbonyl (C=O) groups is 3. The molecule has 0 bridgehead atoms. The Bertz CT molecular complexity index is 1050. The first kappa shape index (κ1) is 25.4. The van der Waals surface area contributed by atoms with Crippen molar-refractivity contribution in [3.8, 4) is 5.88 Å². The van der Waals surface area contributed by atoms with Crippen molar-refractivity contribution < 1.29 is 28.6 Å². The molecule has 0 unspecified atom stereocenters. The summed E-state index contributed by atoms with van der Waals surface area (Å²) in [6, 6.07) is 7.64. The molecule has 2 N–H and O–H groups in total. The van der Waals surface area contributed by atoms with Crippen LogP contribution in [0.5, 0.6) is 5.88 Å². The summed E-state index contributed by atoms with van der Waals surface area (Å²) in [7, 11) is 0. The van der Waals surface area contributed by atoms with Crippen molar-refractivity contribution >= 4 is 29.4 Å². The van der Waals surface area contributed by atoms with Crippen LogP contribution in [0, 0.1) is 5.82 Å². The molecule has 0 aliphatic carbocycles. The van der Waals surface area contributed by atoms with Gasteiger partial charge in [-0.1, -0.05) is 23.7 Å². The van der Waals surface area contributed by atoms with Crippen LogP contribution < -0.4 is 10.1 Å². The molecule has 9 nitrogen and oxygen atoms in total. The first-order valence-electron chi connectivity index (χ1n) is 10.7. The lowest BCUT2D eigenvalue weighted by molar-refractivity contribution is -0.139. The summed E-state index contributed by atoms with van der Waals surface area (Å²) >= 11 is 5.91. The maximum atomic E-state index is 13.2. The zero-order valence-corrected chi connectivity index (χ0v) is 19.6. The van der Waals surface area contributed by atoms with Crippen LogP contribution >= 0.6 is 11.6 Å². The van der Waals surface area contributed by atoms with Crippen molar-refractivity contribution in [1.82, 2.24) is 20.1 Å². The Balaban J connectivity index is 1.60. The molecule has 2 heterocycles. The highest BCUT2D eigenvalue weighted by Crippen LogP contribution is 2.21. The zero-order chi connectivity index (χ0) is 24.8. The normalized spacial score (nSPS) is 18.4. The number of aromatic nitrogens is 1. The molecule has 3 rings (SSSR count). The second-order valence-corrected chi connectivity index (χ2v) is 8.61. The second kappa shape index (κ2) is 11.3. The summed E-state index contributed by atoms with van der Waals surface area (Å²) in [5, 5.41) is 11.1. The Morgan fingerprint density at radius 2 is 1.91 bits per heavy atom. The first-order chi connectivity index (χ1) is 16.1. The number of ether oxygens (including phenoxy) is 1. The Labute approximate surface area is 201 Å². The van der Waals surface area contributed by atoms with Gasteiger partial charge in [0.05, 0.1) is 5.02 Å². The molecule has 1 saturated heterocycles. The maximum Gasteiger partial charge on any atom is 0.322 e. The van der Waals surface area contributed by atoms with E-state index >= 15 is 0 Å². The number of hydrogen-bond acceptors (Lipinski definition) is 6. The third kappa shape index (κ3) is 6.64. The molecule has 182 valence electrons. The lowest BCUT2D eigenvalue weighted by Crippen LogP contribution is -2.58. The van der Waals surface area contributed by atoms with Crippen molar-refractivity contribution in [2.24, 2.45) is 0 Å². The van der Waals surface area contributed by atoms with E-state index in [0.717, 1.165) is 5.56 Å². The number of benzene rings is 1. The SMILES string of the molecule is C[C@@H]1CN(Cc2ccc(F)cc2)[C@@H](C)CN1C(=O)COc1ncc(Cl)cc1C(=O)NCC(=O)O. The quantitative estimate of drug-likeness (QED) is 0.581. The van der Waals surface area contributed by atoms with Crippen LogP contribution in [0.1, 0.15) is 29.8 Å². The van der Waals surface area contributed by atoms with Crippen molar-refractivity contribution in [2.45, 2.75) is 32.5 Å². The van der Waals surface area contributed by atoms with E-state index in [-0.39, 0.29) is 46.9 Å². The summed E-state index contributed by atoms with van der Waals surface area (Å²) in [6.45, 7) is 4.78. The van der Waals surface area contributed by atoms with Gasteiger partial charge in [0.1, 0.15) is 17.9 Å². The fraction of sp³-hybridized carbons (Fsp3) is 0.391. The van der Waals surface area contributed by atoms with Crippen molar-refractivity contribution in [3.63, 3.8) is 0 Å². The molecule has 1 aliphatic rings. The number of carboxylic acids is 1. The fourth-order valence-corrected chi connectivity index (χ4v) is 3.92. The van der Waals surface area contributed by atoms with E-state index in [1.807, 2.05) is 13.8 Å². The van der Waals surface area contributed by atoms with E-state index in [1.165, 1.54) is 24.4 Å². The predicted molar refractivity (Wildman–Crippen MR) is 122 cm³/mol. The minimum atomic E-state index is -1.21. The molecule has 2 atom stereocenters. The van der Waals surface area contributed by atoms with Gasteiger partial charge in [-0.3, -0.25) is 19.3 Å². The Morgan fingerprint density at radius 1 is 1.21 bits per heavy atom. The van der Waals surface area contributed by atoms with Gasteiger partial charge in [0.15, 0.2) is 6.61 Å². The van der Waals surface area contributed by atoms with E-state index in [2.05, 4.69) is 15.2 Å². The number of amides is 2. The van der Waals surface area contributed by atoms with E-state index < -0.39 is 18.4 Å². The molecule has 34 heavy (non-hydrogen) atoms. The number of hydrogen-bond donors (Lipinski definition) is 2. The minimum absolute atomic E-state index is 0.0629. The third-order valence-electron chi connectivity index (χ3n) is 5.53. The van der Waals surface area contributed by atoms with Crippen molar-refractivity contribution in [3.05, 3.63) is 58.5 Å². The van der Waals surface area contributed by atoms with Gasteiger partial charge in [0.2, 0.25) is 5.88 Å². The van der Waals surface area contributed by atoms with E-state index in [1.54, 1.807) is 17.0 Å². The largest absolute Gasteiger partial charge is 0.480 e. The molecular weight excluding hydrogens is 467 g/mol. The van der Waals surface area contributed by atoms with Crippen LogP contribution in [-0.2, 0) is 16.1 Å². The average molecular weight is 493 g/mol. The number of rotatable bonds is 8.